The van der Waals surface area contributed by atoms with Gasteiger partial charge in [0.1, 0.15) is 5.75 Å². The zero-order valence-electron chi connectivity index (χ0n) is 13.3. The van der Waals surface area contributed by atoms with Crippen molar-refractivity contribution in [1.29, 1.82) is 0 Å². The maximum atomic E-state index is 11.9. The van der Waals surface area contributed by atoms with Crippen molar-refractivity contribution in [3.05, 3.63) is 82.5 Å². The Morgan fingerprint density at radius 3 is 2.69 bits per heavy atom. The highest BCUT2D eigenvalue weighted by Crippen LogP contribution is 2.14. The minimum Gasteiger partial charge on any atom is -0.457 e. The van der Waals surface area contributed by atoms with Gasteiger partial charge in [0.15, 0.2) is 0 Å². The van der Waals surface area contributed by atoms with E-state index >= 15 is 0 Å². The maximum absolute atomic E-state index is 11.9. The number of hydrazone groups is 1. The number of halogens is 1. The third-order valence-corrected chi connectivity index (χ3v) is 3.59. The van der Waals surface area contributed by atoms with Gasteiger partial charge in [-0.1, -0.05) is 0 Å². The lowest BCUT2D eigenvalue weighted by Crippen LogP contribution is -2.17. The Hall–Kier alpha value is -3.26. The number of hydrogen-bond acceptors (Lipinski definition) is 6. The number of esters is 1. The number of nitrogens with one attached hydrogen (secondary N) is 1. The average molecular weight is 414 g/mol. The molecule has 3 aromatic rings. The molecule has 0 unspecified atom stereocenters. The van der Waals surface area contributed by atoms with Crippen LogP contribution in [0.25, 0.3) is 0 Å². The Morgan fingerprint density at radius 1 is 1.19 bits per heavy atom. The Kier molecular flexibility index (Phi) is 5.55. The van der Waals surface area contributed by atoms with Gasteiger partial charge in [-0.2, -0.15) is 5.10 Å². The molecule has 0 saturated heterocycles. The van der Waals surface area contributed by atoms with E-state index in [-0.39, 0.29) is 11.7 Å². The second-order valence-corrected chi connectivity index (χ2v) is 5.94. The van der Waals surface area contributed by atoms with Gasteiger partial charge < -0.3 is 9.15 Å². The monoisotopic (exact) mass is 413 g/mol. The van der Waals surface area contributed by atoms with Crippen molar-refractivity contribution in [3.63, 3.8) is 0 Å². The summed E-state index contributed by atoms with van der Waals surface area (Å²) in [6, 6.07) is 11.4. The molecule has 1 aromatic carbocycles. The Bertz CT molecular complexity index is 937. The molecular formula is C18H12BrN3O4. The first-order chi connectivity index (χ1) is 12.6. The standard InChI is InChI=1S/C18H12BrN3O4/c19-14-8-13(10-20-11-14)17(23)22-21-9-12-3-5-15(6-4-12)26-18(24)16-2-1-7-25-16/h1-11H,(H,22,23). The van der Waals surface area contributed by atoms with E-state index in [0.29, 0.717) is 15.8 Å². The van der Waals surface area contributed by atoms with Gasteiger partial charge in [0.2, 0.25) is 5.76 Å². The minimum atomic E-state index is -0.577. The summed E-state index contributed by atoms with van der Waals surface area (Å²) < 4.78 is 10.8. The normalized spacial score (nSPS) is 10.7. The Morgan fingerprint density at radius 2 is 2.00 bits per heavy atom. The first-order valence-corrected chi connectivity index (χ1v) is 8.21. The van der Waals surface area contributed by atoms with Crippen LogP contribution in [0.3, 0.4) is 0 Å². The molecule has 2 heterocycles. The van der Waals surface area contributed by atoms with Crippen LogP contribution in [-0.2, 0) is 0 Å². The van der Waals surface area contributed by atoms with Gasteiger partial charge in [0.05, 0.1) is 18.0 Å². The van der Waals surface area contributed by atoms with Crippen molar-refractivity contribution in [2.45, 2.75) is 0 Å². The zero-order valence-corrected chi connectivity index (χ0v) is 14.8. The molecule has 7 nitrogen and oxygen atoms in total. The molecule has 0 bridgehead atoms. The second kappa shape index (κ2) is 8.21. The van der Waals surface area contributed by atoms with E-state index < -0.39 is 5.97 Å². The number of benzene rings is 1. The maximum Gasteiger partial charge on any atom is 0.379 e. The van der Waals surface area contributed by atoms with Gasteiger partial charge in [-0.15, -0.1) is 0 Å². The molecule has 1 amide bonds. The summed E-state index contributed by atoms with van der Waals surface area (Å²) in [7, 11) is 0. The second-order valence-electron chi connectivity index (χ2n) is 5.03. The predicted octanol–water partition coefficient (Wildman–Crippen LogP) is 3.42. The number of carbonyl (C=O) groups is 2. The summed E-state index contributed by atoms with van der Waals surface area (Å²) in [6.07, 6.45) is 5.90. The van der Waals surface area contributed by atoms with E-state index in [4.69, 9.17) is 9.15 Å². The molecule has 8 heteroatoms. The summed E-state index contributed by atoms with van der Waals surface area (Å²) in [5.41, 5.74) is 3.52. The van der Waals surface area contributed by atoms with E-state index in [9.17, 15) is 9.59 Å². The van der Waals surface area contributed by atoms with E-state index in [1.54, 1.807) is 42.6 Å². The van der Waals surface area contributed by atoms with E-state index in [0.717, 1.165) is 5.56 Å². The summed E-state index contributed by atoms with van der Waals surface area (Å²) >= 11 is 3.25. The molecule has 26 heavy (non-hydrogen) atoms. The molecule has 0 saturated carbocycles. The molecule has 0 aliphatic heterocycles. The molecule has 0 spiro atoms. The molecule has 130 valence electrons. The predicted molar refractivity (Wildman–Crippen MR) is 97.1 cm³/mol. The highest BCUT2D eigenvalue weighted by atomic mass is 79.9. The summed E-state index contributed by atoms with van der Waals surface area (Å²) in [4.78, 5) is 27.6. The number of amides is 1. The molecule has 0 atom stereocenters. The Balaban J connectivity index is 1.56. The number of hydrogen-bond donors (Lipinski definition) is 1. The fourth-order valence-corrected chi connectivity index (χ4v) is 2.30. The lowest BCUT2D eigenvalue weighted by Gasteiger charge is -2.02. The largest absolute Gasteiger partial charge is 0.457 e. The number of pyridine rings is 1. The van der Waals surface area contributed by atoms with Gasteiger partial charge in [-0.25, -0.2) is 10.2 Å². The third kappa shape index (κ3) is 4.64. The quantitative estimate of drug-likeness (QED) is 0.299. The molecule has 1 N–H and O–H groups in total. The summed E-state index contributed by atoms with van der Waals surface area (Å²) in [6.45, 7) is 0. The van der Waals surface area contributed by atoms with Crippen molar-refractivity contribution in [3.8, 4) is 5.75 Å². The molecule has 3 rings (SSSR count). The SMILES string of the molecule is O=C(NN=Cc1ccc(OC(=O)c2ccco2)cc1)c1cncc(Br)c1. The van der Waals surface area contributed by atoms with Crippen LogP contribution in [0.2, 0.25) is 0 Å². The van der Waals surface area contributed by atoms with Crippen molar-refractivity contribution in [2.75, 3.05) is 0 Å². The van der Waals surface area contributed by atoms with Gasteiger partial charge in [0.25, 0.3) is 5.91 Å². The van der Waals surface area contributed by atoms with Crippen LogP contribution in [0, 0.1) is 0 Å². The van der Waals surface area contributed by atoms with Crippen molar-refractivity contribution >= 4 is 34.0 Å². The smallest absolute Gasteiger partial charge is 0.379 e. The van der Waals surface area contributed by atoms with Gasteiger partial charge >= 0.3 is 5.97 Å². The molecule has 0 aliphatic rings. The van der Waals surface area contributed by atoms with E-state index in [2.05, 4.69) is 31.4 Å². The van der Waals surface area contributed by atoms with Crippen molar-refractivity contribution in [2.24, 2.45) is 5.10 Å². The molecule has 0 fully saturated rings. The fourth-order valence-electron chi connectivity index (χ4n) is 1.94. The fraction of sp³-hybridized carbons (Fsp3) is 0. The number of rotatable bonds is 5. The van der Waals surface area contributed by atoms with Gasteiger partial charge in [0, 0.05) is 16.9 Å². The van der Waals surface area contributed by atoms with Crippen LogP contribution >= 0.6 is 15.9 Å². The Labute approximate surface area is 156 Å². The van der Waals surface area contributed by atoms with E-state index in [1.165, 1.54) is 24.7 Å². The lowest BCUT2D eigenvalue weighted by atomic mass is 10.2. The zero-order chi connectivity index (χ0) is 18.4. The third-order valence-electron chi connectivity index (χ3n) is 3.16. The first-order valence-electron chi connectivity index (χ1n) is 7.41. The van der Waals surface area contributed by atoms with Gasteiger partial charge in [-0.3, -0.25) is 9.78 Å². The van der Waals surface area contributed by atoms with Crippen LogP contribution in [0.1, 0.15) is 26.5 Å². The highest BCUT2D eigenvalue weighted by molar-refractivity contribution is 9.10. The minimum absolute atomic E-state index is 0.125. The average Bonchev–Trinajstić information content (AvgIpc) is 3.18. The lowest BCUT2D eigenvalue weighted by molar-refractivity contribution is 0.0701. The van der Waals surface area contributed by atoms with Crippen LogP contribution in [-0.4, -0.2) is 23.1 Å². The summed E-state index contributed by atoms with van der Waals surface area (Å²) in [5, 5.41) is 3.89. The van der Waals surface area contributed by atoms with Crippen LogP contribution in [0.4, 0.5) is 0 Å². The van der Waals surface area contributed by atoms with Crippen molar-refractivity contribution < 1.29 is 18.7 Å². The first kappa shape index (κ1) is 17.6. The van der Waals surface area contributed by atoms with E-state index in [1.807, 2.05) is 0 Å². The number of ether oxygens (including phenoxy) is 1. The molecule has 2 aromatic heterocycles. The van der Waals surface area contributed by atoms with Crippen molar-refractivity contribution in [1.82, 2.24) is 10.4 Å². The van der Waals surface area contributed by atoms with Gasteiger partial charge in [-0.05, 0) is 64.0 Å². The highest BCUT2D eigenvalue weighted by Gasteiger charge is 2.11. The number of carbonyl (C=O) groups excluding carboxylic acids is 2. The number of nitrogens with zero attached hydrogens (tertiary/aromatic N) is 2. The van der Waals surface area contributed by atoms with Crippen LogP contribution < -0.4 is 10.2 Å². The van der Waals surface area contributed by atoms with Crippen LogP contribution in [0.15, 0.2) is 75.1 Å². The molecule has 0 radical (unpaired) electrons. The number of furan rings is 1. The molecule has 0 aliphatic carbocycles. The topological polar surface area (TPSA) is 93.8 Å². The molecular weight excluding hydrogens is 402 g/mol. The van der Waals surface area contributed by atoms with Crippen LogP contribution in [0.5, 0.6) is 5.75 Å². The number of aromatic nitrogens is 1. The summed E-state index contributed by atoms with van der Waals surface area (Å²) in [5.74, 6) is -0.460.